The van der Waals surface area contributed by atoms with Crippen molar-refractivity contribution in [1.29, 1.82) is 0 Å². The Hall–Kier alpha value is -3.70. The number of rotatable bonds is 5. The summed E-state index contributed by atoms with van der Waals surface area (Å²) >= 11 is 12.5. The van der Waals surface area contributed by atoms with E-state index in [0.717, 1.165) is 0 Å². The molecule has 0 spiro atoms. The molecule has 11 nitrogen and oxygen atoms in total. The fourth-order valence-electron chi connectivity index (χ4n) is 4.42. The molecule has 13 heteroatoms. The molecule has 0 aliphatic carbocycles. The number of hydrogen-bond donors (Lipinski definition) is 1. The molecule has 4 aromatic rings. The lowest BCUT2D eigenvalue weighted by molar-refractivity contribution is 0.0231. The van der Waals surface area contributed by atoms with Crippen LogP contribution in [0.15, 0.2) is 41.5 Å². The lowest BCUT2D eigenvalue weighted by Crippen LogP contribution is -2.56. The first-order valence-electron chi connectivity index (χ1n) is 12.6. The van der Waals surface area contributed by atoms with Crippen molar-refractivity contribution in [2.75, 3.05) is 43.0 Å². The van der Waals surface area contributed by atoms with E-state index >= 15 is 0 Å². The Kier molecular flexibility index (Phi) is 7.46. The summed E-state index contributed by atoms with van der Waals surface area (Å²) < 4.78 is 7.09. The molecule has 39 heavy (non-hydrogen) atoms. The number of aromatic nitrogens is 5. The molecular weight excluding hydrogens is 543 g/mol. The summed E-state index contributed by atoms with van der Waals surface area (Å²) in [6.45, 7) is 7.57. The number of fused-ring (bicyclic) bond motifs is 2. The lowest BCUT2D eigenvalue weighted by atomic mass is 10.2. The highest BCUT2D eigenvalue weighted by Gasteiger charge is 2.28. The van der Waals surface area contributed by atoms with E-state index in [1.54, 1.807) is 39.9 Å². The molecule has 0 unspecified atom stereocenters. The van der Waals surface area contributed by atoms with E-state index in [2.05, 4.69) is 20.3 Å². The van der Waals surface area contributed by atoms with Crippen LogP contribution >= 0.6 is 23.2 Å². The average molecular weight is 571 g/mol. The second-order valence-corrected chi connectivity index (χ2v) is 10.9. The minimum absolute atomic E-state index is 0.257. The van der Waals surface area contributed by atoms with Gasteiger partial charge in [0.2, 0.25) is 0 Å². The number of carbonyl (C=O) groups excluding carboxylic acids is 1. The Bertz CT molecular complexity index is 1600. The summed E-state index contributed by atoms with van der Waals surface area (Å²) in [5.41, 5.74) is 0.897. The smallest absolute Gasteiger partial charge is 0.410 e. The Morgan fingerprint density at radius 1 is 1.03 bits per heavy atom. The number of carbonyl (C=O) groups is 1. The van der Waals surface area contributed by atoms with Gasteiger partial charge in [0.25, 0.3) is 5.56 Å². The molecule has 1 saturated heterocycles. The predicted octanol–water partition coefficient (Wildman–Crippen LogP) is 3.88. The fourth-order valence-corrected chi connectivity index (χ4v) is 4.82. The van der Waals surface area contributed by atoms with Gasteiger partial charge in [0, 0.05) is 26.1 Å². The predicted molar refractivity (Wildman–Crippen MR) is 151 cm³/mol. The van der Waals surface area contributed by atoms with Crippen molar-refractivity contribution in [2.45, 2.75) is 32.8 Å². The maximum absolute atomic E-state index is 13.7. The van der Waals surface area contributed by atoms with Crippen LogP contribution in [0, 0.1) is 0 Å². The van der Waals surface area contributed by atoms with Gasteiger partial charge in [-0.3, -0.25) is 4.79 Å². The van der Waals surface area contributed by atoms with Gasteiger partial charge in [-0.2, -0.15) is 0 Å². The third-order valence-electron chi connectivity index (χ3n) is 6.17. The summed E-state index contributed by atoms with van der Waals surface area (Å²) in [4.78, 5) is 45.6. The van der Waals surface area contributed by atoms with Crippen molar-refractivity contribution in [1.82, 2.24) is 29.5 Å². The quantitative estimate of drug-likeness (QED) is 0.356. The second-order valence-electron chi connectivity index (χ2n) is 10.1. The Balaban J connectivity index is 1.41. The average Bonchev–Trinajstić information content (AvgIpc) is 2.88. The summed E-state index contributed by atoms with van der Waals surface area (Å²) in [7, 11) is 0. The van der Waals surface area contributed by atoms with Crippen LogP contribution in [0.5, 0.6) is 0 Å². The van der Waals surface area contributed by atoms with Gasteiger partial charge in [-0.25, -0.2) is 29.4 Å². The van der Waals surface area contributed by atoms with E-state index in [1.807, 2.05) is 25.8 Å². The Morgan fingerprint density at radius 3 is 2.54 bits per heavy atom. The minimum atomic E-state index is -0.583. The number of ether oxygens (including phenoxy) is 1. The standard InChI is InChI=1S/C26H28Cl2N8O3/c1-26(2,3)39-25(38)34-11-13-35(14-12-34)36-20(32-17-6-4-5-16(27)21(17)24(36)37)9-10-29-23-22-18(30-15-31-23)7-8-19(28)33-22/h4-8,15H,9-14H2,1-3H3,(H,29,30,31). The molecule has 1 N–H and O–H groups in total. The molecule has 1 aliphatic rings. The topological polar surface area (TPSA) is 118 Å². The van der Waals surface area contributed by atoms with Crippen LogP contribution < -0.4 is 15.9 Å². The number of halogens is 2. The summed E-state index contributed by atoms with van der Waals surface area (Å²) in [5.74, 6) is 1.09. The molecule has 4 heterocycles. The lowest BCUT2D eigenvalue weighted by Gasteiger charge is -2.37. The van der Waals surface area contributed by atoms with Gasteiger partial charge >= 0.3 is 6.09 Å². The van der Waals surface area contributed by atoms with Crippen molar-refractivity contribution >= 4 is 57.0 Å². The van der Waals surface area contributed by atoms with E-state index in [9.17, 15) is 9.59 Å². The van der Waals surface area contributed by atoms with E-state index in [4.69, 9.17) is 32.9 Å². The number of nitrogens with zero attached hydrogens (tertiary/aromatic N) is 7. The highest BCUT2D eigenvalue weighted by atomic mass is 35.5. The molecule has 1 fully saturated rings. The van der Waals surface area contributed by atoms with Crippen LogP contribution in [0.2, 0.25) is 10.2 Å². The summed E-state index contributed by atoms with van der Waals surface area (Å²) in [6.07, 6.45) is 1.48. The maximum Gasteiger partial charge on any atom is 0.410 e. The zero-order valence-corrected chi connectivity index (χ0v) is 23.3. The molecule has 1 aromatic carbocycles. The molecule has 1 amide bonds. The van der Waals surface area contributed by atoms with Crippen LogP contribution in [0.3, 0.4) is 0 Å². The first kappa shape index (κ1) is 26.9. The molecule has 0 radical (unpaired) electrons. The van der Waals surface area contributed by atoms with Crippen LogP contribution in [0.4, 0.5) is 10.6 Å². The van der Waals surface area contributed by atoms with Crippen molar-refractivity contribution in [3.8, 4) is 0 Å². The van der Waals surface area contributed by atoms with Gasteiger partial charge < -0.3 is 20.0 Å². The third-order valence-corrected chi connectivity index (χ3v) is 6.70. The van der Waals surface area contributed by atoms with Crippen LogP contribution in [0.1, 0.15) is 26.6 Å². The number of anilines is 1. The van der Waals surface area contributed by atoms with Gasteiger partial charge in [-0.1, -0.05) is 29.3 Å². The molecule has 1 aliphatic heterocycles. The zero-order valence-electron chi connectivity index (χ0n) is 21.8. The number of nitrogens with one attached hydrogen (secondary N) is 1. The first-order chi connectivity index (χ1) is 18.6. The molecule has 0 bridgehead atoms. The monoisotopic (exact) mass is 570 g/mol. The molecule has 0 atom stereocenters. The minimum Gasteiger partial charge on any atom is -0.444 e. The second kappa shape index (κ2) is 10.8. The normalized spacial score (nSPS) is 14.2. The van der Waals surface area contributed by atoms with Crippen LogP contribution in [-0.2, 0) is 11.2 Å². The van der Waals surface area contributed by atoms with Gasteiger partial charge in [0.1, 0.15) is 28.4 Å². The summed E-state index contributed by atoms with van der Waals surface area (Å²) in [5, 5.41) is 6.21. The number of piperazine rings is 1. The van der Waals surface area contributed by atoms with Crippen LogP contribution in [-0.4, -0.2) is 73.9 Å². The van der Waals surface area contributed by atoms with Crippen molar-refractivity contribution in [3.05, 3.63) is 63.0 Å². The van der Waals surface area contributed by atoms with E-state index < -0.39 is 5.60 Å². The van der Waals surface area contributed by atoms with E-state index in [0.29, 0.717) is 82.9 Å². The van der Waals surface area contributed by atoms with E-state index in [1.165, 1.54) is 6.33 Å². The highest BCUT2D eigenvalue weighted by molar-refractivity contribution is 6.35. The first-order valence-corrected chi connectivity index (χ1v) is 13.3. The molecule has 204 valence electrons. The SMILES string of the molecule is CC(C)(C)OC(=O)N1CCN(n2c(CCNc3ncnc4ccc(Cl)nc34)nc3cccc(Cl)c3c2=O)CC1. The largest absolute Gasteiger partial charge is 0.444 e. The Labute approximate surface area is 234 Å². The molecule has 5 rings (SSSR count). The number of benzene rings is 1. The van der Waals surface area contributed by atoms with Crippen LogP contribution in [0.25, 0.3) is 21.9 Å². The fraction of sp³-hybridized carbons (Fsp3) is 0.385. The van der Waals surface area contributed by atoms with Crippen molar-refractivity contribution in [3.63, 3.8) is 0 Å². The Morgan fingerprint density at radius 2 is 1.79 bits per heavy atom. The molecular formula is C26H28Cl2N8O3. The highest BCUT2D eigenvalue weighted by Crippen LogP contribution is 2.21. The third kappa shape index (κ3) is 5.84. The van der Waals surface area contributed by atoms with E-state index in [-0.39, 0.29) is 11.7 Å². The van der Waals surface area contributed by atoms with Gasteiger partial charge in [0.05, 0.1) is 34.5 Å². The number of pyridine rings is 1. The number of amides is 1. The van der Waals surface area contributed by atoms with Crippen molar-refractivity contribution < 1.29 is 9.53 Å². The number of hydrogen-bond acceptors (Lipinski definition) is 9. The molecule has 3 aromatic heterocycles. The van der Waals surface area contributed by atoms with Gasteiger partial charge in [0.15, 0.2) is 5.82 Å². The van der Waals surface area contributed by atoms with Crippen molar-refractivity contribution in [2.24, 2.45) is 0 Å². The zero-order chi connectivity index (χ0) is 27.7. The molecule has 0 saturated carbocycles. The summed E-state index contributed by atoms with van der Waals surface area (Å²) in [6, 6.07) is 8.67. The van der Waals surface area contributed by atoms with Gasteiger partial charge in [-0.15, -0.1) is 0 Å². The maximum atomic E-state index is 13.7. The van der Waals surface area contributed by atoms with Gasteiger partial charge in [-0.05, 0) is 45.0 Å².